The Kier molecular flexibility index (Phi) is 3.38. The zero-order valence-electron chi connectivity index (χ0n) is 13.2. The molecule has 0 saturated heterocycles. The molecule has 1 aliphatic heterocycles. The highest BCUT2D eigenvalue weighted by molar-refractivity contribution is 6.31. The van der Waals surface area contributed by atoms with Crippen LogP contribution in [0.3, 0.4) is 0 Å². The summed E-state index contributed by atoms with van der Waals surface area (Å²) in [5.41, 5.74) is 3.19. The van der Waals surface area contributed by atoms with Gasteiger partial charge >= 0.3 is 0 Å². The number of rotatable bonds is 2. The third-order valence-corrected chi connectivity index (χ3v) is 4.29. The van der Waals surface area contributed by atoms with E-state index in [2.05, 4.69) is 31.0 Å². The lowest BCUT2D eigenvalue weighted by Gasteiger charge is -2.22. The van der Waals surface area contributed by atoms with Crippen LogP contribution in [-0.2, 0) is 11.1 Å². The second-order valence-electron chi connectivity index (χ2n) is 6.65. The summed E-state index contributed by atoms with van der Waals surface area (Å²) in [4.78, 5) is 9.01. The normalized spacial score (nSPS) is 16.4. The molecule has 0 saturated carbocycles. The monoisotopic (exact) mass is 314 g/mol. The highest BCUT2D eigenvalue weighted by Crippen LogP contribution is 2.39. The number of aliphatic hydroxyl groups is 1. The van der Waals surface area contributed by atoms with Crippen molar-refractivity contribution in [1.82, 2.24) is 4.98 Å². The molecule has 3 rings (SSSR count). The molecule has 0 atom stereocenters. The van der Waals surface area contributed by atoms with Gasteiger partial charge in [-0.25, -0.2) is 4.98 Å². The zero-order valence-corrected chi connectivity index (χ0v) is 13.9. The molecule has 22 heavy (non-hydrogen) atoms. The summed E-state index contributed by atoms with van der Waals surface area (Å²) < 4.78 is 0. The van der Waals surface area contributed by atoms with E-state index in [1.165, 1.54) is 5.56 Å². The molecule has 0 spiro atoms. The molecule has 1 aliphatic rings. The smallest absolute Gasteiger partial charge is 0.135 e. The number of nitrogens with zero attached hydrogens (tertiary/aromatic N) is 2. The Morgan fingerprint density at radius 3 is 2.45 bits per heavy atom. The average Bonchev–Trinajstić information content (AvgIpc) is 2.70. The van der Waals surface area contributed by atoms with E-state index in [0.717, 1.165) is 16.8 Å². The van der Waals surface area contributed by atoms with Gasteiger partial charge in [-0.05, 0) is 39.3 Å². The molecule has 4 heteroatoms. The van der Waals surface area contributed by atoms with Gasteiger partial charge in [0.15, 0.2) is 0 Å². The van der Waals surface area contributed by atoms with Crippen molar-refractivity contribution >= 4 is 17.3 Å². The summed E-state index contributed by atoms with van der Waals surface area (Å²) in [6, 6.07) is 10.1. The van der Waals surface area contributed by atoms with E-state index < -0.39 is 5.60 Å². The van der Waals surface area contributed by atoms with Crippen molar-refractivity contribution in [1.29, 1.82) is 0 Å². The van der Waals surface area contributed by atoms with E-state index in [1.54, 1.807) is 20.0 Å². The standard InChI is InChI=1S/C18H19ClN2O/c1-17(2)13-8-6-5-7-11(13)15(21-17)12-9-10-20-16(19)14(12)18(3,4)22/h5-10,22H,1-4H3. The fraction of sp³-hybridized carbons (Fsp3) is 0.333. The average molecular weight is 315 g/mol. The second kappa shape index (κ2) is 4.90. The van der Waals surface area contributed by atoms with Crippen molar-refractivity contribution in [2.24, 2.45) is 4.99 Å². The Hall–Kier alpha value is -1.71. The van der Waals surface area contributed by atoms with Gasteiger partial charge in [-0.1, -0.05) is 35.9 Å². The number of aromatic nitrogens is 1. The molecule has 0 unspecified atom stereocenters. The van der Waals surface area contributed by atoms with E-state index in [4.69, 9.17) is 16.6 Å². The Bertz CT molecular complexity index is 773. The van der Waals surface area contributed by atoms with Crippen LogP contribution in [0.2, 0.25) is 5.15 Å². The maximum atomic E-state index is 10.5. The van der Waals surface area contributed by atoms with Crippen LogP contribution in [0.15, 0.2) is 41.5 Å². The lowest BCUT2D eigenvalue weighted by Crippen LogP contribution is -2.21. The Morgan fingerprint density at radius 2 is 1.77 bits per heavy atom. The first-order valence-electron chi connectivity index (χ1n) is 7.29. The summed E-state index contributed by atoms with van der Waals surface area (Å²) >= 11 is 6.26. The van der Waals surface area contributed by atoms with Crippen LogP contribution in [0.25, 0.3) is 0 Å². The maximum Gasteiger partial charge on any atom is 0.135 e. The molecule has 114 valence electrons. The van der Waals surface area contributed by atoms with Crippen LogP contribution in [-0.4, -0.2) is 15.8 Å². The minimum Gasteiger partial charge on any atom is -0.386 e. The third kappa shape index (κ3) is 2.34. The van der Waals surface area contributed by atoms with Crippen LogP contribution < -0.4 is 0 Å². The van der Waals surface area contributed by atoms with Gasteiger partial charge in [0.1, 0.15) is 5.15 Å². The second-order valence-corrected chi connectivity index (χ2v) is 7.01. The highest BCUT2D eigenvalue weighted by Gasteiger charge is 2.35. The van der Waals surface area contributed by atoms with Gasteiger partial charge in [0, 0.05) is 22.9 Å². The summed E-state index contributed by atoms with van der Waals surface area (Å²) in [7, 11) is 0. The zero-order chi connectivity index (χ0) is 16.1. The Labute approximate surface area is 135 Å². The van der Waals surface area contributed by atoms with Gasteiger partial charge in [0.2, 0.25) is 0 Å². The molecule has 0 bridgehead atoms. The molecule has 0 fully saturated rings. The summed E-state index contributed by atoms with van der Waals surface area (Å²) in [5, 5.41) is 10.8. The van der Waals surface area contributed by atoms with E-state index in [1.807, 2.05) is 18.2 Å². The quantitative estimate of drug-likeness (QED) is 0.850. The number of hydrogen-bond donors (Lipinski definition) is 1. The number of hydrogen-bond acceptors (Lipinski definition) is 3. The molecule has 2 aromatic rings. The summed E-state index contributed by atoms with van der Waals surface area (Å²) in [6.45, 7) is 7.61. The van der Waals surface area contributed by atoms with Crippen molar-refractivity contribution in [3.05, 3.63) is 63.9 Å². The number of halogens is 1. The molecule has 1 aromatic carbocycles. The molecule has 2 heterocycles. The minimum atomic E-state index is -1.09. The van der Waals surface area contributed by atoms with Crippen LogP contribution >= 0.6 is 11.6 Å². The fourth-order valence-corrected chi connectivity index (χ4v) is 3.43. The molecular formula is C18H19ClN2O. The van der Waals surface area contributed by atoms with Crippen LogP contribution in [0.4, 0.5) is 0 Å². The molecule has 1 aromatic heterocycles. The fourth-order valence-electron chi connectivity index (χ4n) is 3.04. The molecule has 1 N–H and O–H groups in total. The van der Waals surface area contributed by atoms with Crippen molar-refractivity contribution in [3.8, 4) is 0 Å². The highest BCUT2D eigenvalue weighted by atomic mass is 35.5. The number of pyridine rings is 1. The van der Waals surface area contributed by atoms with Crippen LogP contribution in [0, 0.1) is 0 Å². The predicted molar refractivity (Wildman–Crippen MR) is 89.6 cm³/mol. The van der Waals surface area contributed by atoms with Crippen molar-refractivity contribution in [2.75, 3.05) is 0 Å². The molecule has 3 nitrogen and oxygen atoms in total. The topological polar surface area (TPSA) is 45.5 Å². The van der Waals surface area contributed by atoms with E-state index in [-0.39, 0.29) is 5.54 Å². The first kappa shape index (κ1) is 15.2. The first-order chi connectivity index (χ1) is 10.2. The largest absolute Gasteiger partial charge is 0.386 e. The van der Waals surface area contributed by atoms with Gasteiger partial charge in [-0.2, -0.15) is 0 Å². The first-order valence-corrected chi connectivity index (χ1v) is 7.67. The summed E-state index contributed by atoms with van der Waals surface area (Å²) in [6.07, 6.45) is 1.66. The predicted octanol–water partition coefficient (Wildman–Crippen LogP) is 4.05. The minimum absolute atomic E-state index is 0.293. The lowest BCUT2D eigenvalue weighted by atomic mass is 9.88. The number of aliphatic imine (C=N–C) groups is 1. The number of benzene rings is 1. The maximum absolute atomic E-state index is 10.5. The SMILES string of the molecule is CC(C)(O)c1c(C2=NC(C)(C)c3ccccc32)ccnc1Cl. The molecular weight excluding hydrogens is 296 g/mol. The van der Waals surface area contributed by atoms with Crippen molar-refractivity contribution in [2.45, 2.75) is 38.8 Å². The van der Waals surface area contributed by atoms with Gasteiger partial charge in [0.05, 0.1) is 16.9 Å². The number of fused-ring (bicyclic) bond motifs is 1. The Morgan fingerprint density at radius 1 is 1.09 bits per heavy atom. The molecule has 0 amide bonds. The van der Waals surface area contributed by atoms with Gasteiger partial charge in [-0.3, -0.25) is 4.99 Å². The van der Waals surface area contributed by atoms with Crippen LogP contribution in [0.5, 0.6) is 0 Å². The van der Waals surface area contributed by atoms with Crippen molar-refractivity contribution < 1.29 is 5.11 Å². The van der Waals surface area contributed by atoms with E-state index in [0.29, 0.717) is 10.7 Å². The molecule has 0 radical (unpaired) electrons. The van der Waals surface area contributed by atoms with Gasteiger partial charge in [0.25, 0.3) is 0 Å². The van der Waals surface area contributed by atoms with Crippen molar-refractivity contribution in [3.63, 3.8) is 0 Å². The third-order valence-electron chi connectivity index (χ3n) is 4.00. The summed E-state index contributed by atoms with van der Waals surface area (Å²) in [5.74, 6) is 0. The van der Waals surface area contributed by atoms with E-state index in [9.17, 15) is 5.11 Å². The van der Waals surface area contributed by atoms with E-state index >= 15 is 0 Å². The molecule has 0 aliphatic carbocycles. The Balaban J connectivity index is 2.29. The van der Waals surface area contributed by atoms with Gasteiger partial charge < -0.3 is 5.11 Å². The van der Waals surface area contributed by atoms with Gasteiger partial charge in [-0.15, -0.1) is 0 Å². The van der Waals surface area contributed by atoms with Crippen LogP contribution in [0.1, 0.15) is 49.9 Å². The lowest BCUT2D eigenvalue weighted by molar-refractivity contribution is 0.0782.